The zero-order valence-corrected chi connectivity index (χ0v) is 38.9. The van der Waals surface area contributed by atoms with Gasteiger partial charge in [0.15, 0.2) is 0 Å². The Bertz CT molecular complexity index is 3440. The summed E-state index contributed by atoms with van der Waals surface area (Å²) < 4.78 is 0. The van der Waals surface area contributed by atoms with Crippen LogP contribution in [0.1, 0.15) is 24.0 Å². The van der Waals surface area contributed by atoms with Crippen molar-refractivity contribution in [1.82, 2.24) is 0 Å². The third-order valence-electron chi connectivity index (χ3n) is 14.0. The van der Waals surface area contributed by atoms with E-state index in [-0.39, 0.29) is 0 Å². The van der Waals surface area contributed by atoms with Crippen molar-refractivity contribution in [2.75, 3.05) is 20.4 Å². The van der Waals surface area contributed by atoms with Crippen LogP contribution in [0.3, 0.4) is 0 Å². The molecule has 2 atom stereocenters. The Morgan fingerprint density at radius 3 is 1.17 bits per heavy atom. The largest absolute Gasteiger partial charge is 0.372 e. The normalized spacial score (nSPS) is 17.2. The summed E-state index contributed by atoms with van der Waals surface area (Å²) in [5.74, 6) is 0. The molecule has 2 aliphatic rings. The second-order valence-corrected chi connectivity index (χ2v) is 18.4. The van der Waals surface area contributed by atoms with Crippen molar-refractivity contribution in [3.63, 3.8) is 0 Å². The molecule has 2 aliphatic carbocycles. The van der Waals surface area contributed by atoms with Gasteiger partial charge in [-0.15, -0.1) is 0 Å². The Morgan fingerprint density at radius 2 is 0.686 bits per heavy atom. The van der Waals surface area contributed by atoms with Crippen molar-refractivity contribution in [3.05, 3.63) is 290 Å². The Labute approximate surface area is 410 Å². The van der Waals surface area contributed by atoms with Crippen molar-refractivity contribution < 1.29 is 0 Å². The third kappa shape index (κ3) is 8.10. The van der Waals surface area contributed by atoms with E-state index in [0.717, 1.165) is 58.3 Å². The summed E-state index contributed by atoms with van der Waals surface area (Å²) in [6, 6.07) is 83.3. The predicted octanol–water partition coefficient (Wildman–Crippen LogP) is 17.7. The van der Waals surface area contributed by atoms with E-state index >= 15 is 0 Å². The van der Waals surface area contributed by atoms with E-state index in [1.807, 2.05) is 0 Å². The maximum absolute atomic E-state index is 4.00. The Hall–Kier alpha value is -8.86. The topological polar surface area (TPSA) is 30.5 Å². The highest BCUT2D eigenvalue weighted by Gasteiger charge is 2.32. The Kier molecular flexibility index (Phi) is 11.1. The minimum atomic E-state index is -0.405. The number of nitrogens with zero attached hydrogens (tertiary/aromatic N) is 2. The van der Waals surface area contributed by atoms with E-state index in [4.69, 9.17) is 0 Å². The highest BCUT2D eigenvalue weighted by atomic mass is 15.2. The van der Waals surface area contributed by atoms with Crippen LogP contribution in [0.2, 0.25) is 0 Å². The van der Waals surface area contributed by atoms with Gasteiger partial charge in [0, 0.05) is 45.5 Å². The standard InChI is InChI=1S/C66H52N4/c1-4-24-55(25-5-1)70(60-35-30-49-18-6-7-21-52(49)48-60)59-42-40-58(41-43-59)69(56-36-31-53(32-37-56)67-65(44-12-2-13-45-65)63-28-16-22-50-19-8-10-26-61(50)63)57-38-33-54(34-39-57)68-66(46-14-3-15-47-66)64-29-17-23-51-20-9-11-27-62(51)64/h1-44,46,48,67-68H,45,47H2. The maximum Gasteiger partial charge on any atom is 0.0853 e. The lowest BCUT2D eigenvalue weighted by molar-refractivity contribution is 0.623. The Morgan fingerprint density at radius 1 is 0.300 bits per heavy atom. The quantitative estimate of drug-likeness (QED) is 0.128. The zero-order valence-electron chi connectivity index (χ0n) is 38.9. The molecule has 0 heterocycles. The molecule has 2 N–H and O–H groups in total. The highest BCUT2D eigenvalue weighted by molar-refractivity contribution is 5.91. The number of para-hydroxylation sites is 1. The lowest BCUT2D eigenvalue weighted by atomic mass is 9.81. The van der Waals surface area contributed by atoms with Gasteiger partial charge in [0.2, 0.25) is 0 Å². The van der Waals surface area contributed by atoms with Gasteiger partial charge in [-0.05, 0) is 153 Å². The highest BCUT2D eigenvalue weighted by Crippen LogP contribution is 2.44. The first kappa shape index (κ1) is 42.5. The minimum Gasteiger partial charge on any atom is -0.372 e. The van der Waals surface area contributed by atoms with E-state index in [9.17, 15) is 0 Å². The van der Waals surface area contributed by atoms with Crippen molar-refractivity contribution in [1.29, 1.82) is 0 Å². The molecule has 0 aromatic heterocycles. The number of hydrogen-bond donors (Lipinski definition) is 2. The van der Waals surface area contributed by atoms with Crippen molar-refractivity contribution >= 4 is 77.8 Å². The van der Waals surface area contributed by atoms with Gasteiger partial charge in [-0.25, -0.2) is 0 Å². The van der Waals surface area contributed by atoms with Gasteiger partial charge in [-0.2, -0.15) is 0 Å². The molecule has 0 spiro atoms. The van der Waals surface area contributed by atoms with Gasteiger partial charge < -0.3 is 20.4 Å². The molecule has 70 heavy (non-hydrogen) atoms. The summed E-state index contributed by atoms with van der Waals surface area (Å²) in [5.41, 5.74) is 10.3. The molecular weight excluding hydrogens is 849 g/mol. The molecule has 2 unspecified atom stereocenters. The van der Waals surface area contributed by atoms with Crippen LogP contribution in [-0.2, 0) is 11.1 Å². The molecule has 12 rings (SSSR count). The summed E-state index contributed by atoms with van der Waals surface area (Å²) >= 11 is 0. The van der Waals surface area contributed by atoms with E-state index in [2.05, 4.69) is 300 Å². The molecule has 0 saturated heterocycles. The molecule has 10 aromatic rings. The molecule has 0 bridgehead atoms. The van der Waals surface area contributed by atoms with E-state index in [1.54, 1.807) is 0 Å². The summed E-state index contributed by atoms with van der Waals surface area (Å²) in [6.07, 6.45) is 19.4. The van der Waals surface area contributed by atoms with Crippen LogP contribution < -0.4 is 20.4 Å². The first-order chi connectivity index (χ1) is 34.6. The van der Waals surface area contributed by atoms with Crippen LogP contribution in [0.4, 0.5) is 45.5 Å². The average molecular weight is 901 g/mol. The monoisotopic (exact) mass is 900 g/mol. The van der Waals surface area contributed by atoms with Crippen LogP contribution in [0.25, 0.3) is 32.3 Å². The number of benzene rings is 10. The smallest absolute Gasteiger partial charge is 0.0853 e. The van der Waals surface area contributed by atoms with Gasteiger partial charge in [-0.3, -0.25) is 0 Å². The SMILES string of the molecule is C1=CCC(Nc2ccc(N(c3ccc(NC4(c5cccc6ccccc56)C=CC=CC4)cc3)c3ccc(N(c4ccccc4)c4ccc5ccccc5c4)cc3)cc2)(c2cccc3ccccc23)C=C1. The van der Waals surface area contributed by atoms with Gasteiger partial charge in [-0.1, -0.05) is 182 Å². The number of fused-ring (bicyclic) bond motifs is 3. The fraction of sp³-hybridized carbons (Fsp3) is 0.0606. The van der Waals surface area contributed by atoms with E-state index in [0.29, 0.717) is 0 Å². The van der Waals surface area contributed by atoms with Crippen LogP contribution in [0.5, 0.6) is 0 Å². The number of allylic oxidation sites excluding steroid dienone is 4. The minimum absolute atomic E-state index is 0.405. The van der Waals surface area contributed by atoms with Gasteiger partial charge >= 0.3 is 0 Å². The lowest BCUT2D eigenvalue weighted by Crippen LogP contribution is -2.34. The molecular formula is C66H52N4. The van der Waals surface area contributed by atoms with Crippen LogP contribution in [0.15, 0.2) is 279 Å². The second kappa shape index (κ2) is 18.3. The number of anilines is 8. The summed E-state index contributed by atoms with van der Waals surface area (Å²) in [5, 5.41) is 15.4. The van der Waals surface area contributed by atoms with Crippen molar-refractivity contribution in [3.8, 4) is 0 Å². The molecule has 0 amide bonds. The van der Waals surface area contributed by atoms with Gasteiger partial charge in [0.1, 0.15) is 0 Å². The fourth-order valence-electron chi connectivity index (χ4n) is 10.6. The first-order valence-corrected chi connectivity index (χ1v) is 24.3. The zero-order chi connectivity index (χ0) is 46.7. The first-order valence-electron chi connectivity index (χ1n) is 24.3. The van der Waals surface area contributed by atoms with Crippen LogP contribution in [-0.4, -0.2) is 0 Å². The lowest BCUT2D eigenvalue weighted by Gasteiger charge is -2.36. The Balaban J connectivity index is 0.918. The molecule has 4 heteroatoms. The fourth-order valence-corrected chi connectivity index (χ4v) is 10.6. The van der Waals surface area contributed by atoms with E-state index < -0.39 is 11.1 Å². The second-order valence-electron chi connectivity index (χ2n) is 18.4. The molecule has 336 valence electrons. The predicted molar refractivity (Wildman–Crippen MR) is 298 cm³/mol. The summed E-state index contributed by atoms with van der Waals surface area (Å²) in [6.45, 7) is 0. The summed E-state index contributed by atoms with van der Waals surface area (Å²) in [7, 11) is 0. The van der Waals surface area contributed by atoms with Crippen LogP contribution in [0, 0.1) is 0 Å². The number of hydrogen-bond acceptors (Lipinski definition) is 4. The van der Waals surface area contributed by atoms with E-state index in [1.165, 1.54) is 43.4 Å². The molecule has 0 aliphatic heterocycles. The molecule has 0 fully saturated rings. The number of nitrogens with one attached hydrogen (secondary N) is 2. The molecule has 0 radical (unpaired) electrons. The van der Waals surface area contributed by atoms with Crippen molar-refractivity contribution in [2.45, 2.75) is 23.9 Å². The summed E-state index contributed by atoms with van der Waals surface area (Å²) in [4.78, 5) is 4.69. The molecule has 4 nitrogen and oxygen atoms in total. The van der Waals surface area contributed by atoms with Crippen LogP contribution >= 0.6 is 0 Å². The average Bonchev–Trinajstić information content (AvgIpc) is 3.43. The van der Waals surface area contributed by atoms with Gasteiger partial charge in [0.05, 0.1) is 11.1 Å². The third-order valence-corrected chi connectivity index (χ3v) is 14.0. The number of rotatable bonds is 12. The maximum atomic E-state index is 4.00. The van der Waals surface area contributed by atoms with Crippen molar-refractivity contribution in [2.24, 2.45) is 0 Å². The molecule has 0 saturated carbocycles. The molecule has 10 aromatic carbocycles. The van der Waals surface area contributed by atoms with Gasteiger partial charge in [0.25, 0.3) is 0 Å².